The molecule has 0 aliphatic carbocycles. The van der Waals surface area contributed by atoms with Gasteiger partial charge < -0.3 is 4.90 Å². The molecule has 0 bridgehead atoms. The average Bonchev–Trinajstić information content (AvgIpc) is 2.99. The fourth-order valence-corrected chi connectivity index (χ4v) is 2.83. The normalized spacial score (nSPS) is 10.4. The van der Waals surface area contributed by atoms with Crippen LogP contribution in [0.25, 0.3) is 11.3 Å². The van der Waals surface area contributed by atoms with Gasteiger partial charge in [-0.1, -0.05) is 54.6 Å². The molecule has 3 heteroatoms. The third-order valence-corrected chi connectivity index (χ3v) is 4.02. The van der Waals surface area contributed by atoms with Crippen molar-refractivity contribution in [2.24, 2.45) is 0 Å². The fraction of sp³-hybridized carbons (Fsp3) is 0.118. The van der Waals surface area contributed by atoms with E-state index >= 15 is 0 Å². The molecule has 0 aliphatic heterocycles. The molecule has 3 aromatic rings. The summed E-state index contributed by atoms with van der Waals surface area (Å²) in [5.41, 5.74) is 3.37. The number of benzene rings is 2. The molecule has 1 aromatic heterocycles. The summed E-state index contributed by atoms with van der Waals surface area (Å²) in [6.45, 7) is 0.822. The van der Waals surface area contributed by atoms with Crippen LogP contribution in [0, 0.1) is 6.07 Å². The van der Waals surface area contributed by atoms with Gasteiger partial charge in [0.05, 0.1) is 5.69 Å². The molecule has 99 valence electrons. The number of rotatable bonds is 4. The first-order valence-electron chi connectivity index (χ1n) is 6.50. The van der Waals surface area contributed by atoms with Crippen molar-refractivity contribution < 1.29 is 0 Å². The molecular formula is C17H15N2S. The number of hydrogen-bond donors (Lipinski definition) is 0. The molecule has 20 heavy (non-hydrogen) atoms. The third kappa shape index (κ3) is 2.89. The first kappa shape index (κ1) is 12.9. The Balaban J connectivity index is 1.77. The average molecular weight is 279 g/mol. The summed E-state index contributed by atoms with van der Waals surface area (Å²) >= 11 is 1.67. The second-order valence-corrected chi connectivity index (χ2v) is 5.46. The molecule has 0 atom stereocenters. The molecule has 0 saturated carbocycles. The maximum absolute atomic E-state index is 4.71. The second kappa shape index (κ2) is 5.88. The monoisotopic (exact) mass is 279 g/mol. The Kier molecular flexibility index (Phi) is 3.79. The smallest absolute Gasteiger partial charge is 0.185 e. The summed E-state index contributed by atoms with van der Waals surface area (Å²) in [6, 6.07) is 21.6. The summed E-state index contributed by atoms with van der Waals surface area (Å²) in [5, 5.41) is 3.14. The van der Waals surface area contributed by atoms with E-state index in [0.29, 0.717) is 0 Å². The maximum atomic E-state index is 4.71. The van der Waals surface area contributed by atoms with Crippen LogP contribution >= 0.6 is 11.3 Å². The molecule has 2 nitrogen and oxygen atoms in total. The van der Waals surface area contributed by atoms with E-state index in [2.05, 4.69) is 41.6 Å². The fourth-order valence-electron chi connectivity index (χ4n) is 2.03. The molecule has 1 heterocycles. The summed E-state index contributed by atoms with van der Waals surface area (Å²) in [4.78, 5) is 6.86. The highest BCUT2D eigenvalue weighted by molar-refractivity contribution is 7.14. The van der Waals surface area contributed by atoms with Gasteiger partial charge in [-0.2, -0.15) is 0 Å². The Morgan fingerprint density at radius 1 is 1.10 bits per heavy atom. The highest BCUT2D eigenvalue weighted by Crippen LogP contribution is 2.27. The van der Waals surface area contributed by atoms with E-state index in [9.17, 15) is 0 Å². The molecule has 0 amide bonds. The van der Waals surface area contributed by atoms with Gasteiger partial charge in [0.2, 0.25) is 0 Å². The summed E-state index contributed by atoms with van der Waals surface area (Å²) < 4.78 is 0. The zero-order valence-corrected chi connectivity index (χ0v) is 12.1. The van der Waals surface area contributed by atoms with Gasteiger partial charge in [-0.25, -0.2) is 4.98 Å². The van der Waals surface area contributed by atoms with Gasteiger partial charge in [-0.15, -0.1) is 11.3 Å². The third-order valence-electron chi connectivity index (χ3n) is 3.07. The zero-order chi connectivity index (χ0) is 13.8. The van der Waals surface area contributed by atoms with Crippen molar-refractivity contribution in [3.8, 4) is 11.3 Å². The lowest BCUT2D eigenvalue weighted by atomic mass is 10.2. The number of aromatic nitrogens is 1. The minimum Gasteiger partial charge on any atom is -0.347 e. The van der Waals surface area contributed by atoms with Gasteiger partial charge in [0, 0.05) is 24.5 Å². The molecule has 1 radical (unpaired) electrons. The number of anilines is 1. The molecule has 0 saturated heterocycles. The van der Waals surface area contributed by atoms with E-state index in [-0.39, 0.29) is 0 Å². The van der Waals surface area contributed by atoms with Crippen molar-refractivity contribution in [2.75, 3.05) is 11.9 Å². The van der Waals surface area contributed by atoms with E-state index < -0.39 is 0 Å². The molecule has 0 aliphatic rings. The first-order chi connectivity index (χ1) is 9.83. The summed E-state index contributed by atoms with van der Waals surface area (Å²) in [5.74, 6) is 0. The molecule has 0 spiro atoms. The Morgan fingerprint density at radius 3 is 2.65 bits per heavy atom. The van der Waals surface area contributed by atoms with Crippen LogP contribution in [0.1, 0.15) is 5.56 Å². The number of nitrogens with zero attached hydrogens (tertiary/aromatic N) is 2. The number of hydrogen-bond acceptors (Lipinski definition) is 3. The van der Waals surface area contributed by atoms with Crippen LogP contribution in [-0.2, 0) is 6.54 Å². The Bertz CT molecular complexity index is 662. The van der Waals surface area contributed by atoms with Crippen LogP contribution < -0.4 is 4.90 Å². The lowest BCUT2D eigenvalue weighted by molar-refractivity contribution is 0.914. The van der Waals surface area contributed by atoms with Crippen molar-refractivity contribution in [1.29, 1.82) is 0 Å². The van der Waals surface area contributed by atoms with Crippen molar-refractivity contribution in [3.05, 3.63) is 71.6 Å². The minimum absolute atomic E-state index is 0.822. The zero-order valence-electron chi connectivity index (χ0n) is 11.3. The van der Waals surface area contributed by atoms with Crippen LogP contribution in [0.15, 0.2) is 60.0 Å². The van der Waals surface area contributed by atoms with Crippen LogP contribution in [0.4, 0.5) is 5.13 Å². The van der Waals surface area contributed by atoms with Crippen molar-refractivity contribution >= 4 is 16.5 Å². The van der Waals surface area contributed by atoms with Crippen LogP contribution in [0.3, 0.4) is 0 Å². The van der Waals surface area contributed by atoms with E-state index in [1.807, 2.05) is 36.4 Å². The molecule has 3 rings (SSSR count). The summed E-state index contributed by atoms with van der Waals surface area (Å²) in [7, 11) is 2.06. The van der Waals surface area contributed by atoms with E-state index in [0.717, 1.165) is 22.9 Å². The quantitative estimate of drug-likeness (QED) is 0.710. The van der Waals surface area contributed by atoms with Gasteiger partial charge in [0.15, 0.2) is 5.13 Å². The maximum Gasteiger partial charge on any atom is 0.185 e. The predicted molar refractivity (Wildman–Crippen MR) is 84.9 cm³/mol. The van der Waals surface area contributed by atoms with Crippen molar-refractivity contribution in [3.63, 3.8) is 0 Å². The van der Waals surface area contributed by atoms with Crippen molar-refractivity contribution in [1.82, 2.24) is 4.98 Å². The lowest BCUT2D eigenvalue weighted by Gasteiger charge is -2.15. The predicted octanol–water partition coefficient (Wildman–Crippen LogP) is 4.25. The summed E-state index contributed by atoms with van der Waals surface area (Å²) in [6.07, 6.45) is 0. The highest BCUT2D eigenvalue weighted by atomic mass is 32.1. The number of thiazole rings is 1. The van der Waals surface area contributed by atoms with E-state index in [1.54, 1.807) is 11.3 Å². The Morgan fingerprint density at radius 2 is 1.90 bits per heavy atom. The standard InChI is InChI=1S/C17H15N2S/c1-19(12-14-8-4-2-5-9-14)17-18-16(13-20-17)15-10-6-3-7-11-15/h2-8,10-11,13H,12H2,1H3. The van der Waals surface area contributed by atoms with E-state index in [4.69, 9.17) is 4.98 Å². The largest absolute Gasteiger partial charge is 0.347 e. The first-order valence-corrected chi connectivity index (χ1v) is 7.38. The molecule has 0 unspecified atom stereocenters. The Labute approximate surface area is 123 Å². The molecule has 0 N–H and O–H groups in total. The van der Waals surface area contributed by atoms with Gasteiger partial charge in [-0.3, -0.25) is 0 Å². The Hall–Kier alpha value is -2.13. The lowest BCUT2D eigenvalue weighted by Crippen LogP contribution is -2.15. The van der Waals surface area contributed by atoms with Gasteiger partial charge in [0.25, 0.3) is 0 Å². The van der Waals surface area contributed by atoms with Crippen LogP contribution in [-0.4, -0.2) is 12.0 Å². The molecule has 0 fully saturated rings. The minimum atomic E-state index is 0.822. The van der Waals surface area contributed by atoms with Gasteiger partial charge >= 0.3 is 0 Å². The molecule has 2 aromatic carbocycles. The second-order valence-electron chi connectivity index (χ2n) is 4.63. The van der Waals surface area contributed by atoms with Crippen molar-refractivity contribution in [2.45, 2.75) is 6.54 Å². The van der Waals surface area contributed by atoms with Crippen LogP contribution in [0.5, 0.6) is 0 Å². The van der Waals surface area contributed by atoms with Gasteiger partial charge in [0.1, 0.15) is 0 Å². The SMILES string of the molecule is CN(Cc1[c]cccc1)c1nc(-c2ccccc2)cs1. The molecular weight excluding hydrogens is 264 g/mol. The highest BCUT2D eigenvalue weighted by Gasteiger charge is 2.08. The van der Waals surface area contributed by atoms with Gasteiger partial charge in [-0.05, 0) is 11.6 Å². The topological polar surface area (TPSA) is 16.1 Å². The van der Waals surface area contributed by atoms with E-state index in [1.165, 1.54) is 5.56 Å². The van der Waals surface area contributed by atoms with Crippen LogP contribution in [0.2, 0.25) is 0 Å².